The summed E-state index contributed by atoms with van der Waals surface area (Å²) < 4.78 is 20.2. The summed E-state index contributed by atoms with van der Waals surface area (Å²) in [4.78, 5) is 24.6. The fourth-order valence-corrected chi connectivity index (χ4v) is 3.42. The number of aromatic nitrogens is 1. The van der Waals surface area contributed by atoms with E-state index in [0.717, 1.165) is 34.5 Å². The predicted molar refractivity (Wildman–Crippen MR) is 120 cm³/mol. The van der Waals surface area contributed by atoms with Crippen molar-refractivity contribution in [3.05, 3.63) is 100 Å². The summed E-state index contributed by atoms with van der Waals surface area (Å²) in [6.07, 6.45) is 3.71. The molecule has 3 rings (SSSR count). The zero-order valence-corrected chi connectivity index (χ0v) is 18.0. The standard InChI is InChI=1S/C26H26FNO3/c1-18-4-6-21(7-5-18)10-13-26(30)31-17-25(29)24-16-19(2)28(20(24)3)15-14-22-8-11-23(27)12-9-22/h4-13,16H,14-15,17H2,1-3H3/b13-10+. The molecule has 2 aromatic carbocycles. The van der Waals surface area contributed by atoms with E-state index in [-0.39, 0.29) is 18.2 Å². The van der Waals surface area contributed by atoms with Gasteiger partial charge >= 0.3 is 5.97 Å². The molecule has 0 unspecified atom stereocenters. The zero-order chi connectivity index (χ0) is 22.4. The molecular weight excluding hydrogens is 393 g/mol. The normalized spacial score (nSPS) is 11.1. The minimum Gasteiger partial charge on any atom is -0.454 e. The van der Waals surface area contributed by atoms with Gasteiger partial charge < -0.3 is 9.30 Å². The number of benzene rings is 2. The van der Waals surface area contributed by atoms with Crippen LogP contribution in [-0.4, -0.2) is 22.9 Å². The molecule has 0 N–H and O–H groups in total. The summed E-state index contributed by atoms with van der Waals surface area (Å²) in [5.74, 6) is -1.05. The lowest BCUT2D eigenvalue weighted by atomic mass is 10.1. The van der Waals surface area contributed by atoms with Crippen molar-refractivity contribution in [2.24, 2.45) is 0 Å². The molecule has 0 fully saturated rings. The Balaban J connectivity index is 1.57. The number of hydrogen-bond donors (Lipinski definition) is 0. The number of carbonyl (C=O) groups excluding carboxylic acids is 2. The summed E-state index contributed by atoms with van der Waals surface area (Å²) in [5.41, 5.74) is 5.38. The van der Waals surface area contributed by atoms with Crippen molar-refractivity contribution in [2.75, 3.05) is 6.61 Å². The van der Waals surface area contributed by atoms with Gasteiger partial charge in [-0.3, -0.25) is 4.79 Å². The van der Waals surface area contributed by atoms with Crippen LogP contribution in [0.1, 0.15) is 38.4 Å². The second kappa shape index (κ2) is 10.0. The van der Waals surface area contributed by atoms with Crippen LogP contribution in [0.2, 0.25) is 0 Å². The maximum atomic E-state index is 13.1. The summed E-state index contributed by atoms with van der Waals surface area (Å²) in [7, 11) is 0. The van der Waals surface area contributed by atoms with Gasteiger partial charge in [0.15, 0.2) is 6.61 Å². The van der Waals surface area contributed by atoms with Gasteiger partial charge in [-0.1, -0.05) is 42.0 Å². The molecule has 0 saturated carbocycles. The summed E-state index contributed by atoms with van der Waals surface area (Å²) in [6.45, 7) is 6.18. The van der Waals surface area contributed by atoms with Gasteiger partial charge in [0.2, 0.25) is 5.78 Å². The van der Waals surface area contributed by atoms with Crippen LogP contribution < -0.4 is 0 Å². The molecule has 31 heavy (non-hydrogen) atoms. The Morgan fingerprint density at radius 2 is 1.68 bits per heavy atom. The van der Waals surface area contributed by atoms with E-state index in [4.69, 9.17) is 4.74 Å². The quantitative estimate of drug-likeness (QED) is 0.285. The second-order valence-electron chi connectivity index (χ2n) is 7.59. The number of aryl methyl sites for hydroxylation is 3. The third-order valence-electron chi connectivity index (χ3n) is 5.25. The van der Waals surface area contributed by atoms with E-state index in [2.05, 4.69) is 4.57 Å². The lowest BCUT2D eigenvalue weighted by Crippen LogP contribution is -2.14. The molecule has 1 aromatic heterocycles. The highest BCUT2D eigenvalue weighted by Crippen LogP contribution is 2.17. The molecule has 0 aliphatic heterocycles. The number of hydrogen-bond acceptors (Lipinski definition) is 3. The molecule has 5 heteroatoms. The second-order valence-corrected chi connectivity index (χ2v) is 7.59. The number of halogens is 1. The summed E-state index contributed by atoms with van der Waals surface area (Å²) in [6, 6.07) is 16.0. The number of rotatable bonds is 8. The minimum absolute atomic E-state index is 0.238. The minimum atomic E-state index is -0.556. The van der Waals surface area contributed by atoms with Gasteiger partial charge in [0.25, 0.3) is 0 Å². The van der Waals surface area contributed by atoms with E-state index in [0.29, 0.717) is 12.1 Å². The molecule has 0 aliphatic rings. The van der Waals surface area contributed by atoms with Crippen LogP contribution in [-0.2, 0) is 22.5 Å². The maximum Gasteiger partial charge on any atom is 0.331 e. The lowest BCUT2D eigenvalue weighted by molar-refractivity contribution is -0.136. The van der Waals surface area contributed by atoms with Gasteiger partial charge in [-0.15, -0.1) is 0 Å². The third-order valence-corrected chi connectivity index (χ3v) is 5.25. The Hall–Kier alpha value is -3.47. The number of carbonyl (C=O) groups is 2. The fourth-order valence-electron chi connectivity index (χ4n) is 3.42. The maximum absolute atomic E-state index is 13.1. The Labute approximate surface area is 182 Å². The molecule has 160 valence electrons. The van der Waals surface area contributed by atoms with E-state index in [9.17, 15) is 14.0 Å². The number of ether oxygens (including phenoxy) is 1. The van der Waals surface area contributed by atoms with E-state index in [1.165, 1.54) is 18.2 Å². The molecule has 0 spiro atoms. The van der Waals surface area contributed by atoms with E-state index < -0.39 is 5.97 Å². The largest absolute Gasteiger partial charge is 0.454 e. The van der Waals surface area contributed by atoms with Crippen molar-refractivity contribution in [2.45, 2.75) is 33.7 Å². The lowest BCUT2D eigenvalue weighted by Gasteiger charge is -2.10. The average Bonchev–Trinajstić information content (AvgIpc) is 3.04. The van der Waals surface area contributed by atoms with E-state index in [1.54, 1.807) is 18.2 Å². The van der Waals surface area contributed by atoms with Crippen LogP contribution in [0.25, 0.3) is 6.08 Å². The van der Waals surface area contributed by atoms with Gasteiger partial charge in [-0.2, -0.15) is 0 Å². The first-order chi connectivity index (χ1) is 14.8. The molecule has 0 bridgehead atoms. The summed E-state index contributed by atoms with van der Waals surface area (Å²) >= 11 is 0. The number of nitrogens with zero attached hydrogens (tertiary/aromatic N) is 1. The first-order valence-corrected chi connectivity index (χ1v) is 10.2. The topological polar surface area (TPSA) is 48.3 Å². The third kappa shape index (κ3) is 6.01. The Kier molecular flexibility index (Phi) is 7.19. The predicted octanol–water partition coefficient (Wildman–Crippen LogP) is 5.23. The van der Waals surface area contributed by atoms with Gasteiger partial charge in [0.1, 0.15) is 5.82 Å². The van der Waals surface area contributed by atoms with Crippen LogP contribution in [0.5, 0.6) is 0 Å². The molecule has 0 atom stereocenters. The highest BCUT2D eigenvalue weighted by molar-refractivity contribution is 6.00. The average molecular weight is 419 g/mol. The van der Waals surface area contributed by atoms with Crippen LogP contribution >= 0.6 is 0 Å². The first kappa shape index (κ1) is 22.2. The van der Waals surface area contributed by atoms with Crippen molar-refractivity contribution in [3.8, 4) is 0 Å². The molecule has 0 aliphatic carbocycles. The molecule has 0 radical (unpaired) electrons. The number of ketones is 1. The Morgan fingerprint density at radius 1 is 1.00 bits per heavy atom. The van der Waals surface area contributed by atoms with Crippen molar-refractivity contribution in [3.63, 3.8) is 0 Å². The molecule has 1 heterocycles. The van der Waals surface area contributed by atoms with Crippen molar-refractivity contribution < 1.29 is 18.7 Å². The highest BCUT2D eigenvalue weighted by atomic mass is 19.1. The van der Waals surface area contributed by atoms with Gasteiger partial charge in [0, 0.05) is 29.6 Å². The smallest absolute Gasteiger partial charge is 0.331 e. The van der Waals surface area contributed by atoms with Gasteiger partial charge in [-0.05, 0) is 62.6 Å². The molecule has 3 aromatic rings. The van der Waals surface area contributed by atoms with Gasteiger partial charge in [-0.25, -0.2) is 9.18 Å². The highest BCUT2D eigenvalue weighted by Gasteiger charge is 2.17. The van der Waals surface area contributed by atoms with Crippen LogP contribution in [0.3, 0.4) is 0 Å². The zero-order valence-electron chi connectivity index (χ0n) is 18.0. The molecular formula is C26H26FNO3. The monoisotopic (exact) mass is 419 g/mol. The molecule has 0 saturated heterocycles. The van der Waals surface area contributed by atoms with E-state index in [1.807, 2.05) is 51.1 Å². The Morgan fingerprint density at radius 3 is 2.35 bits per heavy atom. The van der Waals surface area contributed by atoms with E-state index >= 15 is 0 Å². The fraction of sp³-hybridized carbons (Fsp3) is 0.231. The summed E-state index contributed by atoms with van der Waals surface area (Å²) in [5, 5.41) is 0. The number of esters is 1. The van der Waals surface area contributed by atoms with Crippen LogP contribution in [0, 0.1) is 26.6 Å². The Bertz CT molecular complexity index is 1090. The van der Waals surface area contributed by atoms with Crippen molar-refractivity contribution in [1.29, 1.82) is 0 Å². The molecule has 4 nitrogen and oxygen atoms in total. The first-order valence-electron chi connectivity index (χ1n) is 10.2. The SMILES string of the molecule is Cc1ccc(/C=C/C(=O)OCC(=O)c2cc(C)n(CCc3ccc(F)cc3)c2C)cc1. The van der Waals surface area contributed by atoms with Crippen LogP contribution in [0.4, 0.5) is 4.39 Å². The van der Waals surface area contributed by atoms with Crippen molar-refractivity contribution >= 4 is 17.8 Å². The van der Waals surface area contributed by atoms with Crippen LogP contribution in [0.15, 0.2) is 60.7 Å². The van der Waals surface area contributed by atoms with Gasteiger partial charge in [0.05, 0.1) is 0 Å². The number of Topliss-reactive ketones (excluding diaryl/α,β-unsaturated/α-hetero) is 1. The van der Waals surface area contributed by atoms with Crippen molar-refractivity contribution in [1.82, 2.24) is 4.57 Å². The molecule has 0 amide bonds.